The van der Waals surface area contributed by atoms with Crippen LogP contribution in [0.25, 0.3) is 0 Å². The molecule has 0 radical (unpaired) electrons. The van der Waals surface area contributed by atoms with Crippen molar-refractivity contribution in [2.75, 3.05) is 33.9 Å². The molecule has 0 aromatic heterocycles. The molecular formula is C17H25FIN3O. The van der Waals surface area contributed by atoms with Crippen molar-refractivity contribution in [2.24, 2.45) is 4.99 Å². The van der Waals surface area contributed by atoms with Crippen molar-refractivity contribution in [3.8, 4) is 0 Å². The highest BCUT2D eigenvalue weighted by molar-refractivity contribution is 14.0. The molecule has 1 aliphatic rings. The van der Waals surface area contributed by atoms with E-state index in [4.69, 9.17) is 4.74 Å². The van der Waals surface area contributed by atoms with E-state index >= 15 is 0 Å². The van der Waals surface area contributed by atoms with Gasteiger partial charge in [-0.1, -0.05) is 23.8 Å². The first-order valence-corrected chi connectivity index (χ1v) is 7.61. The van der Waals surface area contributed by atoms with E-state index < -0.39 is 0 Å². The van der Waals surface area contributed by atoms with E-state index in [1.54, 1.807) is 19.2 Å². The second-order valence-electron chi connectivity index (χ2n) is 5.40. The molecule has 0 saturated carbocycles. The van der Waals surface area contributed by atoms with Crippen LogP contribution in [0, 0.1) is 5.82 Å². The largest absolute Gasteiger partial charge is 0.377 e. The zero-order chi connectivity index (χ0) is 15.8. The van der Waals surface area contributed by atoms with Crippen molar-refractivity contribution >= 4 is 29.9 Å². The Balaban J connectivity index is 0.00000264. The Morgan fingerprint density at radius 2 is 2.26 bits per heavy atom. The maximum Gasteiger partial charge on any atom is 0.193 e. The lowest BCUT2D eigenvalue weighted by Gasteiger charge is -2.23. The molecule has 1 aromatic rings. The van der Waals surface area contributed by atoms with Gasteiger partial charge in [-0.3, -0.25) is 4.99 Å². The SMILES string of the molecule is CN=C(NCCC1=CCOCC1)N(C)Cc1cccc(F)c1.I. The topological polar surface area (TPSA) is 36.9 Å². The van der Waals surface area contributed by atoms with Gasteiger partial charge in [0.1, 0.15) is 5.82 Å². The molecule has 128 valence electrons. The number of hydrogen-bond acceptors (Lipinski definition) is 2. The molecule has 1 aliphatic heterocycles. The monoisotopic (exact) mass is 433 g/mol. The van der Waals surface area contributed by atoms with Gasteiger partial charge in [0.15, 0.2) is 5.96 Å². The summed E-state index contributed by atoms with van der Waals surface area (Å²) in [5.41, 5.74) is 2.36. The average Bonchev–Trinajstić information content (AvgIpc) is 2.52. The first-order valence-electron chi connectivity index (χ1n) is 7.61. The zero-order valence-electron chi connectivity index (χ0n) is 13.7. The Bertz CT molecular complexity index is 548. The van der Waals surface area contributed by atoms with Crippen LogP contribution in [0.3, 0.4) is 0 Å². The van der Waals surface area contributed by atoms with Gasteiger partial charge in [0, 0.05) is 27.2 Å². The predicted molar refractivity (Wildman–Crippen MR) is 103 cm³/mol. The highest BCUT2D eigenvalue weighted by Crippen LogP contribution is 2.11. The van der Waals surface area contributed by atoms with Crippen LogP contribution in [0.5, 0.6) is 0 Å². The molecule has 2 rings (SSSR count). The molecule has 1 heterocycles. The van der Waals surface area contributed by atoms with Gasteiger partial charge in [-0.05, 0) is 30.5 Å². The van der Waals surface area contributed by atoms with Crippen molar-refractivity contribution in [3.63, 3.8) is 0 Å². The van der Waals surface area contributed by atoms with E-state index in [9.17, 15) is 4.39 Å². The van der Waals surface area contributed by atoms with Gasteiger partial charge < -0.3 is 15.0 Å². The molecule has 0 amide bonds. The highest BCUT2D eigenvalue weighted by atomic mass is 127. The second-order valence-corrected chi connectivity index (χ2v) is 5.40. The minimum absolute atomic E-state index is 0. The summed E-state index contributed by atoms with van der Waals surface area (Å²) in [5, 5.41) is 3.35. The summed E-state index contributed by atoms with van der Waals surface area (Å²) in [5.74, 6) is 0.609. The number of nitrogens with one attached hydrogen (secondary N) is 1. The van der Waals surface area contributed by atoms with E-state index in [0.29, 0.717) is 6.54 Å². The lowest BCUT2D eigenvalue weighted by Crippen LogP contribution is -2.39. The number of guanidine groups is 1. The standard InChI is InChI=1S/C17H24FN3O.HI/c1-19-17(20-9-6-14-7-10-22-11-8-14)21(2)13-15-4-3-5-16(18)12-15;/h3-5,7,12H,6,8-11,13H2,1-2H3,(H,19,20);1H. The van der Waals surface area contributed by atoms with Gasteiger partial charge in [0.2, 0.25) is 0 Å². The summed E-state index contributed by atoms with van der Waals surface area (Å²) < 4.78 is 18.5. The maximum atomic E-state index is 13.2. The molecule has 1 N–H and O–H groups in total. The van der Waals surface area contributed by atoms with Crippen molar-refractivity contribution in [2.45, 2.75) is 19.4 Å². The van der Waals surface area contributed by atoms with Crippen molar-refractivity contribution in [1.82, 2.24) is 10.2 Å². The number of benzene rings is 1. The van der Waals surface area contributed by atoms with Crippen LogP contribution in [-0.2, 0) is 11.3 Å². The van der Waals surface area contributed by atoms with Crippen LogP contribution in [0.2, 0.25) is 0 Å². The minimum atomic E-state index is -0.208. The van der Waals surface area contributed by atoms with Gasteiger partial charge in [-0.15, -0.1) is 24.0 Å². The van der Waals surface area contributed by atoms with Crippen LogP contribution < -0.4 is 5.32 Å². The molecule has 4 nitrogen and oxygen atoms in total. The molecule has 6 heteroatoms. The molecule has 0 bridgehead atoms. The van der Waals surface area contributed by atoms with Crippen LogP contribution >= 0.6 is 24.0 Å². The molecule has 0 spiro atoms. The lowest BCUT2D eigenvalue weighted by atomic mass is 10.1. The molecule has 0 unspecified atom stereocenters. The number of aliphatic imine (C=N–C) groups is 1. The number of rotatable bonds is 5. The normalized spacial score (nSPS) is 14.7. The molecule has 0 saturated heterocycles. The van der Waals surface area contributed by atoms with Crippen LogP contribution in [-0.4, -0.2) is 44.7 Å². The summed E-state index contributed by atoms with van der Waals surface area (Å²) in [6, 6.07) is 6.65. The van der Waals surface area contributed by atoms with Crippen molar-refractivity contribution < 1.29 is 9.13 Å². The second kappa shape index (κ2) is 10.6. The number of halogens is 2. The number of ether oxygens (including phenoxy) is 1. The maximum absolute atomic E-state index is 13.2. The minimum Gasteiger partial charge on any atom is -0.377 e. The lowest BCUT2D eigenvalue weighted by molar-refractivity contribution is 0.153. The molecule has 23 heavy (non-hydrogen) atoms. The molecular weight excluding hydrogens is 408 g/mol. The fourth-order valence-electron chi connectivity index (χ4n) is 2.50. The number of nitrogens with zero attached hydrogens (tertiary/aromatic N) is 2. The Hall–Kier alpha value is -1.15. The third-order valence-corrected chi connectivity index (χ3v) is 3.67. The van der Waals surface area contributed by atoms with Crippen molar-refractivity contribution in [3.05, 3.63) is 47.3 Å². The summed E-state index contributed by atoms with van der Waals surface area (Å²) in [4.78, 5) is 6.28. The van der Waals surface area contributed by atoms with Gasteiger partial charge in [-0.2, -0.15) is 0 Å². The first kappa shape index (κ1) is 19.9. The predicted octanol–water partition coefficient (Wildman–Crippen LogP) is 3.19. The summed E-state index contributed by atoms with van der Waals surface area (Å²) >= 11 is 0. The number of hydrogen-bond donors (Lipinski definition) is 1. The van der Waals surface area contributed by atoms with E-state index in [-0.39, 0.29) is 29.8 Å². The molecule has 0 atom stereocenters. The van der Waals surface area contributed by atoms with Gasteiger partial charge in [0.25, 0.3) is 0 Å². The Morgan fingerprint density at radius 3 is 2.91 bits per heavy atom. The molecule has 1 aromatic carbocycles. The van der Waals surface area contributed by atoms with E-state index in [1.165, 1.54) is 11.6 Å². The van der Waals surface area contributed by atoms with E-state index in [1.807, 2.05) is 18.0 Å². The Labute approximate surface area is 154 Å². The smallest absolute Gasteiger partial charge is 0.193 e. The summed E-state index contributed by atoms with van der Waals surface area (Å²) in [7, 11) is 3.71. The highest BCUT2D eigenvalue weighted by Gasteiger charge is 2.08. The quantitative estimate of drug-likeness (QED) is 0.336. The summed E-state index contributed by atoms with van der Waals surface area (Å²) in [6.45, 7) is 3.00. The third-order valence-electron chi connectivity index (χ3n) is 3.67. The third kappa shape index (κ3) is 6.87. The van der Waals surface area contributed by atoms with Gasteiger partial charge >= 0.3 is 0 Å². The van der Waals surface area contributed by atoms with Gasteiger partial charge in [0.05, 0.1) is 13.2 Å². The van der Waals surface area contributed by atoms with E-state index in [2.05, 4.69) is 16.4 Å². The average molecular weight is 433 g/mol. The Morgan fingerprint density at radius 1 is 1.43 bits per heavy atom. The van der Waals surface area contributed by atoms with Crippen molar-refractivity contribution in [1.29, 1.82) is 0 Å². The van der Waals surface area contributed by atoms with Crippen LogP contribution in [0.4, 0.5) is 4.39 Å². The van der Waals surface area contributed by atoms with Gasteiger partial charge in [-0.25, -0.2) is 4.39 Å². The Kier molecular flexibility index (Phi) is 9.16. The zero-order valence-corrected chi connectivity index (χ0v) is 16.0. The molecule has 0 fully saturated rings. The van der Waals surface area contributed by atoms with E-state index in [0.717, 1.165) is 44.1 Å². The fraction of sp³-hybridized carbons (Fsp3) is 0.471. The fourth-order valence-corrected chi connectivity index (χ4v) is 2.50. The summed E-state index contributed by atoms with van der Waals surface area (Å²) in [6.07, 6.45) is 4.17. The van der Waals surface area contributed by atoms with Crippen LogP contribution in [0.15, 0.2) is 40.9 Å². The first-order chi connectivity index (χ1) is 10.7. The van der Waals surface area contributed by atoms with Crippen LogP contribution in [0.1, 0.15) is 18.4 Å². The molecule has 0 aliphatic carbocycles.